The van der Waals surface area contributed by atoms with Crippen LogP contribution in [0.4, 0.5) is 4.79 Å². The molecule has 0 aliphatic heterocycles. The zero-order valence-electron chi connectivity index (χ0n) is 9.39. The molecule has 0 aromatic heterocycles. The van der Waals surface area contributed by atoms with Crippen molar-refractivity contribution in [1.29, 1.82) is 0 Å². The summed E-state index contributed by atoms with van der Waals surface area (Å²) in [5.41, 5.74) is 0.824. The third kappa shape index (κ3) is 4.60. The Balaban J connectivity index is 2.41. The summed E-state index contributed by atoms with van der Waals surface area (Å²) >= 11 is 5.70. The molecule has 1 rings (SSSR count). The second-order valence-corrected chi connectivity index (χ2v) is 3.96. The van der Waals surface area contributed by atoms with Crippen molar-refractivity contribution < 1.29 is 19.8 Å². The van der Waals surface area contributed by atoms with Crippen molar-refractivity contribution in [2.24, 2.45) is 0 Å². The lowest BCUT2D eigenvalue weighted by molar-refractivity contribution is -0.140. The van der Waals surface area contributed by atoms with Gasteiger partial charge in [0, 0.05) is 11.6 Å². The molecule has 0 aliphatic rings. The molecule has 1 aromatic rings. The van der Waals surface area contributed by atoms with Crippen molar-refractivity contribution >= 4 is 23.6 Å². The van der Waals surface area contributed by atoms with Gasteiger partial charge in [0.15, 0.2) is 6.04 Å². The monoisotopic (exact) mass is 272 g/mol. The Labute approximate surface area is 109 Å². The fraction of sp³-hybridized carbons (Fsp3) is 0.273. The number of carboxylic acids is 1. The molecule has 0 fully saturated rings. The van der Waals surface area contributed by atoms with Crippen molar-refractivity contribution in [3.8, 4) is 0 Å². The maximum Gasteiger partial charge on any atom is 0.328 e. The van der Waals surface area contributed by atoms with Crippen LogP contribution in [0.2, 0.25) is 5.02 Å². The summed E-state index contributed by atoms with van der Waals surface area (Å²) in [6.45, 7) is -0.426. The molecular weight excluding hydrogens is 260 g/mol. The van der Waals surface area contributed by atoms with E-state index >= 15 is 0 Å². The summed E-state index contributed by atoms with van der Waals surface area (Å²) in [5.74, 6) is -1.29. The number of hydrogen-bond donors (Lipinski definition) is 4. The number of carbonyl (C=O) groups excluding carboxylic acids is 1. The molecule has 0 bridgehead atoms. The van der Waals surface area contributed by atoms with Crippen LogP contribution in [-0.4, -0.2) is 34.9 Å². The summed E-state index contributed by atoms with van der Waals surface area (Å²) < 4.78 is 0. The number of halogens is 1. The third-order valence-corrected chi connectivity index (χ3v) is 2.40. The van der Waals surface area contributed by atoms with Crippen LogP contribution in [-0.2, 0) is 11.3 Å². The Morgan fingerprint density at radius 1 is 1.28 bits per heavy atom. The fourth-order valence-corrected chi connectivity index (χ4v) is 1.31. The lowest BCUT2D eigenvalue weighted by Gasteiger charge is -2.12. The minimum Gasteiger partial charge on any atom is -0.480 e. The Kier molecular flexibility index (Phi) is 5.41. The van der Waals surface area contributed by atoms with E-state index in [0.717, 1.165) is 5.56 Å². The normalized spacial score (nSPS) is 11.7. The van der Waals surface area contributed by atoms with Gasteiger partial charge in [0.25, 0.3) is 0 Å². The van der Waals surface area contributed by atoms with Gasteiger partial charge in [0.1, 0.15) is 0 Å². The zero-order chi connectivity index (χ0) is 13.5. The van der Waals surface area contributed by atoms with E-state index in [9.17, 15) is 9.59 Å². The average molecular weight is 273 g/mol. The molecule has 18 heavy (non-hydrogen) atoms. The highest BCUT2D eigenvalue weighted by molar-refractivity contribution is 6.30. The standard InChI is InChI=1S/C11H13ClN2O4/c12-8-3-1-7(2-4-8)5-13-11(18)14-9(6-15)10(16)17/h1-4,9,15H,5-6H2,(H,16,17)(H2,13,14,18)/t9-/m0/s1. The molecule has 0 spiro atoms. The Morgan fingerprint density at radius 2 is 1.89 bits per heavy atom. The largest absolute Gasteiger partial charge is 0.480 e. The van der Waals surface area contributed by atoms with E-state index in [0.29, 0.717) is 5.02 Å². The van der Waals surface area contributed by atoms with E-state index in [4.69, 9.17) is 21.8 Å². The number of aliphatic carboxylic acids is 1. The number of carbonyl (C=O) groups is 2. The highest BCUT2D eigenvalue weighted by Crippen LogP contribution is 2.08. The first-order valence-electron chi connectivity index (χ1n) is 5.15. The van der Waals surface area contributed by atoms with E-state index in [1.54, 1.807) is 24.3 Å². The third-order valence-electron chi connectivity index (χ3n) is 2.15. The van der Waals surface area contributed by atoms with E-state index < -0.39 is 24.6 Å². The number of nitrogens with one attached hydrogen (secondary N) is 2. The van der Waals surface area contributed by atoms with Gasteiger partial charge in [-0.1, -0.05) is 23.7 Å². The van der Waals surface area contributed by atoms with Crippen molar-refractivity contribution in [3.63, 3.8) is 0 Å². The molecule has 0 saturated heterocycles. The summed E-state index contributed by atoms with van der Waals surface area (Å²) in [4.78, 5) is 21.9. The number of benzene rings is 1. The molecular formula is C11H13ClN2O4. The maximum absolute atomic E-state index is 11.3. The second-order valence-electron chi connectivity index (χ2n) is 3.53. The summed E-state index contributed by atoms with van der Waals surface area (Å²) in [7, 11) is 0. The van der Waals surface area contributed by atoms with Crippen molar-refractivity contribution in [2.45, 2.75) is 12.6 Å². The zero-order valence-corrected chi connectivity index (χ0v) is 10.1. The van der Waals surface area contributed by atoms with Gasteiger partial charge in [-0.3, -0.25) is 0 Å². The predicted molar refractivity (Wildman–Crippen MR) is 65.3 cm³/mol. The van der Waals surface area contributed by atoms with Crippen molar-refractivity contribution in [2.75, 3.05) is 6.61 Å². The van der Waals surface area contributed by atoms with Gasteiger partial charge >= 0.3 is 12.0 Å². The lowest BCUT2D eigenvalue weighted by Crippen LogP contribution is -2.47. The van der Waals surface area contributed by atoms with Crippen LogP contribution in [0.25, 0.3) is 0 Å². The van der Waals surface area contributed by atoms with Gasteiger partial charge in [-0.15, -0.1) is 0 Å². The molecule has 0 unspecified atom stereocenters. The van der Waals surface area contributed by atoms with E-state index in [1.807, 2.05) is 0 Å². The van der Waals surface area contributed by atoms with E-state index in [-0.39, 0.29) is 6.54 Å². The maximum atomic E-state index is 11.3. The first kappa shape index (κ1) is 14.3. The quantitative estimate of drug-likeness (QED) is 0.630. The van der Waals surface area contributed by atoms with Crippen molar-refractivity contribution in [3.05, 3.63) is 34.9 Å². The first-order valence-corrected chi connectivity index (χ1v) is 5.53. The highest BCUT2D eigenvalue weighted by Gasteiger charge is 2.18. The molecule has 1 aromatic carbocycles. The van der Waals surface area contributed by atoms with Gasteiger partial charge in [0.2, 0.25) is 0 Å². The van der Waals surface area contributed by atoms with Crippen LogP contribution in [0.3, 0.4) is 0 Å². The number of rotatable bonds is 5. The molecule has 6 nitrogen and oxygen atoms in total. The van der Waals surface area contributed by atoms with Crippen LogP contribution in [0.15, 0.2) is 24.3 Å². The summed E-state index contributed by atoms with van der Waals surface area (Å²) in [5, 5.41) is 22.5. The SMILES string of the molecule is O=C(NCc1ccc(Cl)cc1)N[C@@H](CO)C(=O)O. The number of aliphatic hydroxyl groups excluding tert-OH is 1. The molecule has 0 aliphatic carbocycles. The van der Waals surface area contributed by atoms with Crippen LogP contribution in [0.1, 0.15) is 5.56 Å². The predicted octanol–water partition coefficient (Wildman–Crippen LogP) is 0.585. The molecule has 0 saturated carbocycles. The Morgan fingerprint density at radius 3 is 2.39 bits per heavy atom. The summed E-state index contributed by atoms with van der Waals surface area (Å²) in [6, 6.07) is 4.88. The molecule has 0 radical (unpaired) electrons. The van der Waals surface area contributed by atoms with Gasteiger partial charge in [-0.25, -0.2) is 9.59 Å². The first-order chi connectivity index (χ1) is 8.52. The summed E-state index contributed by atoms with van der Waals surface area (Å²) in [6.07, 6.45) is 0. The number of aliphatic hydroxyl groups is 1. The molecule has 98 valence electrons. The highest BCUT2D eigenvalue weighted by atomic mass is 35.5. The Bertz CT molecular complexity index is 422. The second kappa shape index (κ2) is 6.83. The van der Waals surface area contributed by atoms with E-state index in [1.165, 1.54) is 0 Å². The van der Waals surface area contributed by atoms with Crippen LogP contribution >= 0.6 is 11.6 Å². The van der Waals surface area contributed by atoms with Crippen LogP contribution < -0.4 is 10.6 Å². The molecule has 1 atom stereocenters. The van der Waals surface area contributed by atoms with Gasteiger partial charge in [-0.2, -0.15) is 0 Å². The topological polar surface area (TPSA) is 98.7 Å². The molecule has 0 heterocycles. The van der Waals surface area contributed by atoms with Crippen molar-refractivity contribution in [1.82, 2.24) is 10.6 Å². The van der Waals surface area contributed by atoms with Gasteiger partial charge in [0.05, 0.1) is 6.61 Å². The Hall–Kier alpha value is -1.79. The molecule has 7 heteroatoms. The molecule has 4 N–H and O–H groups in total. The molecule has 2 amide bonds. The van der Waals surface area contributed by atoms with Gasteiger partial charge < -0.3 is 20.8 Å². The van der Waals surface area contributed by atoms with Crippen LogP contribution in [0, 0.1) is 0 Å². The van der Waals surface area contributed by atoms with Crippen LogP contribution in [0.5, 0.6) is 0 Å². The number of amides is 2. The smallest absolute Gasteiger partial charge is 0.328 e. The minimum absolute atomic E-state index is 0.237. The number of carboxylic acid groups (broad SMARTS) is 1. The van der Waals surface area contributed by atoms with E-state index in [2.05, 4.69) is 10.6 Å². The number of urea groups is 1. The minimum atomic E-state index is -1.31. The number of hydrogen-bond acceptors (Lipinski definition) is 3. The lowest BCUT2D eigenvalue weighted by atomic mass is 10.2. The fourth-order valence-electron chi connectivity index (χ4n) is 1.18. The average Bonchev–Trinajstić information content (AvgIpc) is 2.35. The van der Waals surface area contributed by atoms with Gasteiger partial charge in [-0.05, 0) is 17.7 Å².